The molecular weight excluding hydrogens is 261 g/mol. The average Bonchev–Trinajstić information content (AvgIpc) is 2.55. The summed E-state index contributed by atoms with van der Waals surface area (Å²) in [5, 5.41) is 0. The van der Waals surface area contributed by atoms with Crippen LogP contribution in [0, 0.1) is 6.07 Å². The maximum Gasteiger partial charge on any atom is 0.215 e. The third-order valence-corrected chi connectivity index (χ3v) is 1.22. The van der Waals surface area contributed by atoms with Gasteiger partial charge in [-0.3, -0.25) is 0 Å². The molecule has 2 rings (SSSR count). The molecule has 0 saturated heterocycles. The summed E-state index contributed by atoms with van der Waals surface area (Å²) in [6, 6.07) is 8.29. The SMILES string of the molecule is [Zn+][Br].[c-]1ccc2c(c1)OCO2. The van der Waals surface area contributed by atoms with E-state index in [0.717, 1.165) is 11.5 Å². The van der Waals surface area contributed by atoms with Gasteiger partial charge < -0.3 is 9.47 Å². The molecule has 1 aromatic carbocycles. The molecule has 2 nitrogen and oxygen atoms in total. The minimum Gasteiger partial charge on any atom is -0.516 e. The third kappa shape index (κ3) is 2.18. The maximum absolute atomic E-state index is 5.06. The van der Waals surface area contributed by atoms with Crippen LogP contribution in [0.1, 0.15) is 0 Å². The molecule has 1 heterocycles. The van der Waals surface area contributed by atoms with Crippen molar-refractivity contribution >= 4 is 13.6 Å². The molecule has 0 amide bonds. The second-order valence-electron chi connectivity index (χ2n) is 1.78. The fourth-order valence-electron chi connectivity index (χ4n) is 0.789. The summed E-state index contributed by atoms with van der Waals surface area (Å²) in [6.07, 6.45) is 0. The van der Waals surface area contributed by atoms with Crippen LogP contribution in [0.5, 0.6) is 11.5 Å². The first kappa shape index (κ1) is 9.01. The summed E-state index contributed by atoms with van der Waals surface area (Å²) < 4.78 is 10.1. The van der Waals surface area contributed by atoms with Crippen LogP contribution in [-0.2, 0) is 16.3 Å². The van der Waals surface area contributed by atoms with Crippen LogP contribution in [-0.4, -0.2) is 6.79 Å². The fourth-order valence-corrected chi connectivity index (χ4v) is 0.789. The summed E-state index contributed by atoms with van der Waals surface area (Å²) >= 11 is 4.25. The summed E-state index contributed by atoms with van der Waals surface area (Å²) in [7, 11) is 0. The first-order valence-electron chi connectivity index (χ1n) is 2.99. The molecule has 54 valence electrons. The topological polar surface area (TPSA) is 18.5 Å². The van der Waals surface area contributed by atoms with Crippen molar-refractivity contribution < 1.29 is 25.8 Å². The van der Waals surface area contributed by atoms with E-state index >= 15 is 0 Å². The van der Waals surface area contributed by atoms with Crippen LogP contribution >= 0.6 is 13.6 Å². The Morgan fingerprint density at radius 1 is 1.36 bits per heavy atom. The van der Waals surface area contributed by atoms with Crippen LogP contribution in [0.25, 0.3) is 0 Å². The van der Waals surface area contributed by atoms with E-state index in [9.17, 15) is 0 Å². The van der Waals surface area contributed by atoms with Gasteiger partial charge in [-0.25, -0.2) is 0 Å². The average molecular weight is 266 g/mol. The molecule has 0 fully saturated rings. The number of hydrogen-bond acceptors (Lipinski definition) is 2. The molecule has 1 aromatic rings. The fraction of sp³-hybridized carbons (Fsp3) is 0.143. The Balaban J connectivity index is 0.000000281. The van der Waals surface area contributed by atoms with E-state index in [0.29, 0.717) is 6.79 Å². The van der Waals surface area contributed by atoms with Gasteiger partial charge >= 0.3 is 30.0 Å². The van der Waals surface area contributed by atoms with Gasteiger partial charge in [0.1, 0.15) is 0 Å². The summed E-state index contributed by atoms with van der Waals surface area (Å²) in [6.45, 7) is 0.340. The Kier molecular flexibility index (Phi) is 3.88. The number of benzene rings is 1. The van der Waals surface area contributed by atoms with Crippen LogP contribution in [0.2, 0.25) is 0 Å². The van der Waals surface area contributed by atoms with E-state index in [4.69, 9.17) is 9.47 Å². The van der Waals surface area contributed by atoms with E-state index in [-0.39, 0.29) is 0 Å². The number of halogens is 1. The van der Waals surface area contributed by atoms with Crippen molar-refractivity contribution in [2.45, 2.75) is 0 Å². The van der Waals surface area contributed by atoms with E-state index in [1.165, 1.54) is 16.3 Å². The molecule has 0 aliphatic carbocycles. The quantitative estimate of drug-likeness (QED) is 0.528. The molecule has 0 radical (unpaired) electrons. The zero-order valence-electron chi connectivity index (χ0n) is 5.84. The Labute approximate surface area is 81.9 Å². The molecule has 0 saturated carbocycles. The second-order valence-corrected chi connectivity index (χ2v) is 1.78. The van der Waals surface area contributed by atoms with Gasteiger partial charge in [0.2, 0.25) is 6.79 Å². The van der Waals surface area contributed by atoms with Crippen molar-refractivity contribution in [3.8, 4) is 11.5 Å². The van der Waals surface area contributed by atoms with Gasteiger partial charge in [-0.15, -0.1) is 12.1 Å². The van der Waals surface area contributed by atoms with Crippen LogP contribution in [0.4, 0.5) is 0 Å². The van der Waals surface area contributed by atoms with Gasteiger partial charge in [0.15, 0.2) is 0 Å². The third-order valence-electron chi connectivity index (χ3n) is 1.22. The molecule has 1 aliphatic heterocycles. The van der Waals surface area contributed by atoms with E-state index in [1.807, 2.05) is 6.07 Å². The predicted molar refractivity (Wildman–Crippen MR) is 40.3 cm³/mol. The van der Waals surface area contributed by atoms with Crippen molar-refractivity contribution in [3.05, 3.63) is 24.3 Å². The smallest absolute Gasteiger partial charge is 0.215 e. The monoisotopic (exact) mass is 264 g/mol. The Hall–Kier alpha value is -0.0766. The summed E-state index contributed by atoms with van der Waals surface area (Å²) in [5.74, 6) is 1.60. The Bertz CT molecular complexity index is 206. The Morgan fingerprint density at radius 2 is 2.09 bits per heavy atom. The van der Waals surface area contributed by atoms with Crippen molar-refractivity contribution in [1.82, 2.24) is 0 Å². The standard InChI is InChI=1S/C7H5O2.BrH.Zn/c1-2-4-7-6(3-1)8-5-9-7;;/h1,3-4H,5H2;1H;/q-1;;+2/p-1. The molecule has 0 unspecified atom stereocenters. The maximum atomic E-state index is 5.06. The summed E-state index contributed by atoms with van der Waals surface area (Å²) in [5.41, 5.74) is 0. The largest absolute Gasteiger partial charge is 0.516 e. The van der Waals surface area contributed by atoms with Crippen LogP contribution in [0.3, 0.4) is 0 Å². The van der Waals surface area contributed by atoms with Crippen molar-refractivity contribution in [2.24, 2.45) is 0 Å². The normalized spacial score (nSPS) is 11.9. The molecular formula is C7H5BrO2Zn. The Morgan fingerprint density at radius 3 is 2.82 bits per heavy atom. The van der Waals surface area contributed by atoms with Crippen molar-refractivity contribution in [1.29, 1.82) is 0 Å². The van der Waals surface area contributed by atoms with E-state index in [1.54, 1.807) is 12.1 Å². The van der Waals surface area contributed by atoms with Crippen LogP contribution < -0.4 is 9.47 Å². The van der Waals surface area contributed by atoms with Gasteiger partial charge in [0.25, 0.3) is 0 Å². The van der Waals surface area contributed by atoms with E-state index < -0.39 is 0 Å². The molecule has 1 aliphatic rings. The molecule has 11 heavy (non-hydrogen) atoms. The minimum atomic E-state index is 0.340. The van der Waals surface area contributed by atoms with Gasteiger partial charge in [-0.05, 0) is 0 Å². The zero-order valence-corrected chi connectivity index (χ0v) is 10.4. The first-order chi connectivity index (χ1) is 5.47. The molecule has 0 bridgehead atoms. The van der Waals surface area contributed by atoms with Gasteiger partial charge in [-0.1, -0.05) is 0 Å². The van der Waals surface area contributed by atoms with Gasteiger partial charge in [0, 0.05) is 0 Å². The number of hydrogen-bond donors (Lipinski definition) is 0. The zero-order chi connectivity index (χ0) is 8.10. The molecule has 0 aromatic heterocycles. The molecule has 0 spiro atoms. The van der Waals surface area contributed by atoms with Crippen molar-refractivity contribution in [2.75, 3.05) is 6.79 Å². The van der Waals surface area contributed by atoms with Gasteiger partial charge in [0.05, 0.1) is 11.5 Å². The second kappa shape index (κ2) is 4.73. The predicted octanol–water partition coefficient (Wildman–Crippen LogP) is 2.06. The molecule has 0 atom stereocenters. The van der Waals surface area contributed by atoms with Crippen molar-refractivity contribution in [3.63, 3.8) is 0 Å². The number of fused-ring (bicyclic) bond motifs is 1. The minimum absolute atomic E-state index is 0.340. The molecule has 4 heteroatoms. The molecule has 0 N–H and O–H groups in total. The summed E-state index contributed by atoms with van der Waals surface area (Å²) in [4.78, 5) is 0. The van der Waals surface area contributed by atoms with Gasteiger partial charge in [-0.2, -0.15) is 12.1 Å². The van der Waals surface area contributed by atoms with Crippen LogP contribution in [0.15, 0.2) is 18.2 Å². The van der Waals surface area contributed by atoms with E-state index in [2.05, 4.69) is 19.7 Å². The number of rotatable bonds is 0. The number of ether oxygens (including phenoxy) is 2. The first-order valence-corrected chi connectivity index (χ1v) is 9.94.